The number of para-hydroxylation sites is 1. The normalized spacial score (nSPS) is 18.5. The monoisotopic (exact) mass is 309 g/mol. The molecule has 0 bridgehead atoms. The third kappa shape index (κ3) is 2.33. The molecule has 0 fully saturated rings. The van der Waals surface area contributed by atoms with Crippen molar-refractivity contribution in [1.29, 1.82) is 0 Å². The van der Waals surface area contributed by atoms with Crippen molar-refractivity contribution < 1.29 is 4.74 Å². The molecule has 0 spiro atoms. The van der Waals surface area contributed by atoms with Gasteiger partial charge in [0.15, 0.2) is 4.80 Å². The quantitative estimate of drug-likeness (QED) is 0.680. The highest BCUT2D eigenvalue weighted by Crippen LogP contribution is 2.23. The van der Waals surface area contributed by atoms with Crippen LogP contribution in [0.5, 0.6) is 0 Å². The van der Waals surface area contributed by atoms with Crippen LogP contribution in [0.15, 0.2) is 64.6 Å². The van der Waals surface area contributed by atoms with E-state index in [9.17, 15) is 0 Å². The summed E-state index contributed by atoms with van der Waals surface area (Å²) < 4.78 is 9.16. The Bertz CT molecular complexity index is 908. The van der Waals surface area contributed by atoms with Crippen molar-refractivity contribution in [3.05, 3.63) is 65.0 Å². The maximum Gasteiger partial charge on any atom is 0.315 e. The Morgan fingerprint density at radius 1 is 1.14 bits per heavy atom. The van der Waals surface area contributed by atoms with Gasteiger partial charge in [0, 0.05) is 7.05 Å². The number of thiazole rings is 1. The maximum atomic E-state index is 5.88. The van der Waals surface area contributed by atoms with Gasteiger partial charge in [0.25, 0.3) is 0 Å². The second-order valence-corrected chi connectivity index (χ2v) is 6.17. The molecule has 1 atom stereocenters. The summed E-state index contributed by atoms with van der Waals surface area (Å²) in [5.74, 6) is 0. The molecule has 2 aromatic carbocycles. The van der Waals surface area contributed by atoms with E-state index in [2.05, 4.69) is 38.8 Å². The number of fused-ring (bicyclic) bond motifs is 1. The molecule has 0 saturated heterocycles. The van der Waals surface area contributed by atoms with Crippen LogP contribution in [0.2, 0.25) is 0 Å². The first-order chi connectivity index (χ1) is 10.8. The Balaban J connectivity index is 1.64. The van der Waals surface area contributed by atoms with Gasteiger partial charge in [-0.25, -0.2) is 4.99 Å². The molecule has 110 valence electrons. The topological polar surface area (TPSA) is 38.9 Å². The molecule has 1 unspecified atom stereocenters. The zero-order chi connectivity index (χ0) is 14.9. The highest BCUT2D eigenvalue weighted by Gasteiger charge is 2.21. The van der Waals surface area contributed by atoms with Gasteiger partial charge in [0.2, 0.25) is 0 Å². The minimum absolute atomic E-state index is 0.0281. The fourth-order valence-corrected chi connectivity index (χ4v) is 3.55. The molecule has 3 aromatic rings. The van der Waals surface area contributed by atoms with Crippen molar-refractivity contribution in [1.82, 2.24) is 4.57 Å². The fourth-order valence-electron chi connectivity index (χ4n) is 2.54. The summed E-state index contributed by atoms with van der Waals surface area (Å²) in [4.78, 5) is 9.90. The molecular formula is C17H15N3OS. The van der Waals surface area contributed by atoms with E-state index < -0.39 is 0 Å². The maximum absolute atomic E-state index is 5.88. The highest BCUT2D eigenvalue weighted by atomic mass is 32.1. The molecule has 5 heteroatoms. The van der Waals surface area contributed by atoms with Gasteiger partial charge in [-0.05, 0) is 17.7 Å². The fraction of sp³-hybridized carbons (Fsp3) is 0.176. The van der Waals surface area contributed by atoms with Crippen LogP contribution in [0.4, 0.5) is 0 Å². The molecule has 4 nitrogen and oxygen atoms in total. The molecule has 1 aliphatic rings. The Morgan fingerprint density at radius 3 is 2.73 bits per heavy atom. The van der Waals surface area contributed by atoms with Crippen molar-refractivity contribution >= 4 is 27.6 Å². The lowest BCUT2D eigenvalue weighted by molar-refractivity contribution is 0.226. The van der Waals surface area contributed by atoms with Crippen LogP contribution in [0.3, 0.4) is 0 Å². The average Bonchev–Trinajstić information content (AvgIpc) is 3.15. The predicted molar refractivity (Wildman–Crippen MR) is 88.9 cm³/mol. The summed E-state index contributed by atoms with van der Waals surface area (Å²) in [6.45, 7) is 0.622. The van der Waals surface area contributed by atoms with Crippen molar-refractivity contribution in [2.24, 2.45) is 17.0 Å². The second-order valence-electron chi connectivity index (χ2n) is 5.16. The van der Waals surface area contributed by atoms with E-state index in [1.165, 1.54) is 10.2 Å². The van der Waals surface area contributed by atoms with E-state index in [4.69, 9.17) is 4.74 Å². The van der Waals surface area contributed by atoms with Crippen molar-refractivity contribution in [3.8, 4) is 0 Å². The number of aromatic nitrogens is 1. The molecule has 1 aliphatic heterocycles. The number of benzene rings is 2. The number of hydrogen-bond donors (Lipinski definition) is 0. The predicted octanol–water partition coefficient (Wildman–Crippen LogP) is 3.27. The number of hydrogen-bond acceptors (Lipinski definition) is 4. The van der Waals surface area contributed by atoms with Gasteiger partial charge in [0.1, 0.15) is 6.10 Å². The Labute approximate surface area is 132 Å². The first kappa shape index (κ1) is 13.3. The zero-order valence-corrected chi connectivity index (χ0v) is 13.0. The van der Waals surface area contributed by atoms with Gasteiger partial charge in [-0.1, -0.05) is 53.8 Å². The number of nitrogens with zero attached hydrogens (tertiary/aromatic N) is 3. The Morgan fingerprint density at radius 2 is 1.91 bits per heavy atom. The molecule has 0 saturated carbocycles. The van der Waals surface area contributed by atoms with E-state index in [0.29, 0.717) is 12.6 Å². The number of amidine groups is 1. The van der Waals surface area contributed by atoms with Crippen LogP contribution < -0.4 is 4.80 Å². The number of rotatable bonds is 1. The standard InChI is InChI=1S/C17H15N3OS/c1-20-13-9-5-6-10-15(13)22-17(20)19-16-18-11-14(21-16)12-7-3-2-4-8-12/h2-10,14H,11H2,1H3/b19-17-. The molecule has 0 aliphatic carbocycles. The van der Waals surface area contributed by atoms with Gasteiger partial charge >= 0.3 is 6.02 Å². The largest absolute Gasteiger partial charge is 0.453 e. The number of aryl methyl sites for hydroxylation is 1. The van der Waals surface area contributed by atoms with Crippen LogP contribution in [0, 0.1) is 0 Å². The summed E-state index contributed by atoms with van der Waals surface area (Å²) in [5.41, 5.74) is 2.31. The molecule has 2 heterocycles. The van der Waals surface area contributed by atoms with Crippen LogP contribution in [0.1, 0.15) is 11.7 Å². The molecule has 4 rings (SSSR count). The van der Waals surface area contributed by atoms with Crippen molar-refractivity contribution in [3.63, 3.8) is 0 Å². The lowest BCUT2D eigenvalue weighted by Gasteiger charge is -2.09. The minimum atomic E-state index is -0.0281. The first-order valence-electron chi connectivity index (χ1n) is 7.16. The Kier molecular flexibility index (Phi) is 3.27. The van der Waals surface area contributed by atoms with E-state index >= 15 is 0 Å². The van der Waals surface area contributed by atoms with Gasteiger partial charge in [-0.3, -0.25) is 0 Å². The first-order valence-corrected chi connectivity index (χ1v) is 7.98. The third-order valence-electron chi connectivity index (χ3n) is 3.72. The zero-order valence-electron chi connectivity index (χ0n) is 12.1. The summed E-state index contributed by atoms with van der Waals surface area (Å²) in [6, 6.07) is 18.9. The lowest BCUT2D eigenvalue weighted by atomic mass is 10.1. The summed E-state index contributed by atoms with van der Waals surface area (Å²) >= 11 is 1.64. The summed E-state index contributed by atoms with van der Waals surface area (Å²) in [7, 11) is 2.02. The van der Waals surface area contributed by atoms with Crippen molar-refractivity contribution in [2.75, 3.05) is 6.54 Å². The molecule has 0 N–H and O–H groups in total. The van der Waals surface area contributed by atoms with Gasteiger partial charge in [-0.2, -0.15) is 4.99 Å². The van der Waals surface area contributed by atoms with Gasteiger partial charge in [-0.15, -0.1) is 0 Å². The summed E-state index contributed by atoms with van der Waals surface area (Å²) in [5, 5.41) is 0. The van der Waals surface area contributed by atoms with E-state index in [1.54, 1.807) is 11.3 Å². The van der Waals surface area contributed by atoms with Crippen LogP contribution in [0.25, 0.3) is 10.2 Å². The van der Waals surface area contributed by atoms with E-state index in [1.807, 2.05) is 37.4 Å². The Hall–Kier alpha value is -2.40. The second kappa shape index (κ2) is 5.42. The number of ether oxygens (including phenoxy) is 1. The molecule has 1 aromatic heterocycles. The molecule has 22 heavy (non-hydrogen) atoms. The van der Waals surface area contributed by atoms with E-state index in [-0.39, 0.29) is 6.10 Å². The summed E-state index contributed by atoms with van der Waals surface area (Å²) in [6.07, 6.45) is -0.0281. The highest BCUT2D eigenvalue weighted by molar-refractivity contribution is 7.16. The third-order valence-corrected chi connectivity index (χ3v) is 4.83. The molecular weight excluding hydrogens is 294 g/mol. The molecule has 0 amide bonds. The molecule has 0 radical (unpaired) electrons. The van der Waals surface area contributed by atoms with Crippen molar-refractivity contribution in [2.45, 2.75) is 6.10 Å². The van der Waals surface area contributed by atoms with Crippen LogP contribution in [-0.4, -0.2) is 17.1 Å². The average molecular weight is 309 g/mol. The van der Waals surface area contributed by atoms with Crippen LogP contribution in [-0.2, 0) is 11.8 Å². The van der Waals surface area contributed by atoms with Gasteiger partial charge < -0.3 is 9.30 Å². The lowest BCUT2D eigenvalue weighted by Crippen LogP contribution is -2.13. The smallest absolute Gasteiger partial charge is 0.315 e. The van der Waals surface area contributed by atoms with Crippen LogP contribution >= 0.6 is 11.3 Å². The number of aliphatic imine (C=N–C) groups is 1. The minimum Gasteiger partial charge on any atom is -0.453 e. The SMILES string of the molecule is Cn1/c(=N/C2=NCC(c3ccccc3)O2)sc2ccccc21. The van der Waals surface area contributed by atoms with Gasteiger partial charge in [0.05, 0.1) is 16.8 Å². The van der Waals surface area contributed by atoms with E-state index in [0.717, 1.165) is 10.4 Å².